The molecule has 2 rings (SSSR count). The van der Waals surface area contributed by atoms with E-state index < -0.39 is 16.4 Å². The topological polar surface area (TPSA) is 72.6 Å². The van der Waals surface area contributed by atoms with Gasteiger partial charge in [0, 0.05) is 25.7 Å². The summed E-state index contributed by atoms with van der Waals surface area (Å²) in [5, 5.41) is 0. The van der Waals surface area contributed by atoms with Crippen LogP contribution in [0.2, 0.25) is 0 Å². The minimum Gasteiger partial charge on any atom is -0.435 e. The van der Waals surface area contributed by atoms with Crippen molar-refractivity contribution in [3.8, 4) is 5.75 Å². The van der Waals surface area contributed by atoms with Crippen molar-refractivity contribution < 1.29 is 21.9 Å². The number of nitrogens with zero attached hydrogens (tertiary/aromatic N) is 1. The van der Waals surface area contributed by atoms with Crippen LogP contribution < -0.4 is 10.5 Å². The highest BCUT2D eigenvalue weighted by molar-refractivity contribution is 7.91. The fraction of sp³-hybridized carbons (Fsp3) is 0.538. The van der Waals surface area contributed by atoms with Crippen molar-refractivity contribution in [1.29, 1.82) is 0 Å². The largest absolute Gasteiger partial charge is 0.435 e. The average molecular weight is 320 g/mol. The number of hydrogen-bond donors (Lipinski definition) is 1. The molecule has 1 aliphatic rings. The molecule has 0 amide bonds. The van der Waals surface area contributed by atoms with Gasteiger partial charge in [0.05, 0.1) is 11.5 Å². The van der Waals surface area contributed by atoms with Crippen molar-refractivity contribution >= 4 is 9.84 Å². The molecular formula is C13H18F2N2O3S. The number of nitrogens with two attached hydrogens (primary N) is 1. The molecule has 1 atom stereocenters. The summed E-state index contributed by atoms with van der Waals surface area (Å²) in [5.74, 6) is 0.331. The van der Waals surface area contributed by atoms with E-state index >= 15 is 0 Å². The lowest BCUT2D eigenvalue weighted by Crippen LogP contribution is -2.44. The molecule has 1 saturated heterocycles. The number of halogens is 2. The van der Waals surface area contributed by atoms with E-state index in [2.05, 4.69) is 4.74 Å². The number of alkyl halides is 2. The average Bonchev–Trinajstić information content (AvgIpc) is 2.42. The second-order valence-corrected chi connectivity index (χ2v) is 7.19. The van der Waals surface area contributed by atoms with Gasteiger partial charge >= 0.3 is 6.61 Å². The van der Waals surface area contributed by atoms with Gasteiger partial charge in [-0.3, -0.25) is 4.90 Å². The van der Waals surface area contributed by atoms with Crippen LogP contribution in [0.15, 0.2) is 24.3 Å². The summed E-state index contributed by atoms with van der Waals surface area (Å²) < 4.78 is 51.4. The molecule has 1 aromatic carbocycles. The fourth-order valence-electron chi connectivity index (χ4n) is 2.41. The molecule has 0 aromatic heterocycles. The first kappa shape index (κ1) is 16.1. The quantitative estimate of drug-likeness (QED) is 0.877. The van der Waals surface area contributed by atoms with Gasteiger partial charge in [-0.25, -0.2) is 8.42 Å². The van der Waals surface area contributed by atoms with E-state index in [9.17, 15) is 17.2 Å². The molecule has 1 heterocycles. The van der Waals surface area contributed by atoms with Gasteiger partial charge in [0.25, 0.3) is 0 Å². The lowest BCUT2D eigenvalue weighted by Gasteiger charge is -2.34. The number of sulfone groups is 1. The summed E-state index contributed by atoms with van der Waals surface area (Å²) in [6.45, 7) is -1.66. The van der Waals surface area contributed by atoms with Crippen LogP contribution in [0, 0.1) is 0 Å². The Kier molecular flexibility index (Phi) is 5.13. The fourth-order valence-corrected chi connectivity index (χ4v) is 3.64. The normalized spacial score (nSPS) is 20.4. The van der Waals surface area contributed by atoms with E-state index in [0.717, 1.165) is 5.56 Å². The Morgan fingerprint density at radius 3 is 2.24 bits per heavy atom. The third kappa shape index (κ3) is 4.36. The third-order valence-electron chi connectivity index (χ3n) is 3.53. The predicted molar refractivity (Wildman–Crippen MR) is 75.1 cm³/mol. The molecular weight excluding hydrogens is 302 g/mol. The van der Waals surface area contributed by atoms with Crippen molar-refractivity contribution in [2.75, 3.05) is 31.1 Å². The first-order valence-corrected chi connectivity index (χ1v) is 8.43. The third-order valence-corrected chi connectivity index (χ3v) is 5.14. The second kappa shape index (κ2) is 6.67. The van der Waals surface area contributed by atoms with Crippen LogP contribution in [0.25, 0.3) is 0 Å². The lowest BCUT2D eigenvalue weighted by atomic mass is 10.1. The van der Waals surface area contributed by atoms with Crippen LogP contribution >= 0.6 is 0 Å². The lowest BCUT2D eigenvalue weighted by molar-refractivity contribution is -0.0498. The highest BCUT2D eigenvalue weighted by atomic mass is 32.2. The molecule has 0 spiro atoms. The van der Waals surface area contributed by atoms with Gasteiger partial charge in [-0.2, -0.15) is 8.78 Å². The van der Waals surface area contributed by atoms with Crippen LogP contribution in [0.5, 0.6) is 5.75 Å². The summed E-state index contributed by atoms with van der Waals surface area (Å²) in [7, 11) is -2.95. The Morgan fingerprint density at radius 1 is 1.19 bits per heavy atom. The Hall–Kier alpha value is -1.25. The van der Waals surface area contributed by atoms with Gasteiger partial charge < -0.3 is 10.5 Å². The summed E-state index contributed by atoms with van der Waals surface area (Å²) in [6.07, 6.45) is 0. The Labute approximate surface area is 122 Å². The Morgan fingerprint density at radius 2 is 1.76 bits per heavy atom. The van der Waals surface area contributed by atoms with Crippen LogP contribution in [-0.2, 0) is 9.84 Å². The molecule has 0 radical (unpaired) electrons. The van der Waals surface area contributed by atoms with Crippen molar-refractivity contribution in [3.05, 3.63) is 29.8 Å². The Balaban J connectivity index is 2.07. The minimum absolute atomic E-state index is 0.0887. The zero-order valence-electron chi connectivity index (χ0n) is 11.4. The van der Waals surface area contributed by atoms with Crippen molar-refractivity contribution in [2.24, 2.45) is 5.73 Å². The van der Waals surface area contributed by atoms with Gasteiger partial charge in [0.2, 0.25) is 0 Å². The van der Waals surface area contributed by atoms with E-state index in [1.807, 2.05) is 4.90 Å². The van der Waals surface area contributed by atoms with Gasteiger partial charge in [0.15, 0.2) is 9.84 Å². The first-order valence-electron chi connectivity index (χ1n) is 6.60. The summed E-state index contributed by atoms with van der Waals surface area (Å²) in [5.41, 5.74) is 6.64. The Bertz CT molecular complexity index is 549. The standard InChI is InChI=1S/C13H18F2N2O3S/c14-13(15)20-11-3-1-10(2-4-11)12(9-16)17-5-7-21(18,19)8-6-17/h1-4,12-13H,5-9,16H2. The maximum Gasteiger partial charge on any atom is 0.387 e. The monoisotopic (exact) mass is 320 g/mol. The molecule has 1 aromatic rings. The van der Waals surface area contributed by atoms with E-state index in [4.69, 9.17) is 5.73 Å². The van der Waals surface area contributed by atoms with E-state index in [0.29, 0.717) is 19.6 Å². The van der Waals surface area contributed by atoms with Gasteiger partial charge in [-0.15, -0.1) is 0 Å². The molecule has 21 heavy (non-hydrogen) atoms. The zero-order valence-corrected chi connectivity index (χ0v) is 12.2. The molecule has 0 bridgehead atoms. The van der Waals surface area contributed by atoms with Crippen molar-refractivity contribution in [2.45, 2.75) is 12.7 Å². The molecule has 8 heteroatoms. The molecule has 1 unspecified atom stereocenters. The van der Waals surface area contributed by atoms with Crippen LogP contribution in [-0.4, -0.2) is 51.1 Å². The first-order chi connectivity index (χ1) is 9.91. The van der Waals surface area contributed by atoms with Crippen LogP contribution in [0.4, 0.5) is 8.78 Å². The molecule has 5 nitrogen and oxygen atoms in total. The number of benzene rings is 1. The minimum atomic E-state index is -2.95. The highest BCUT2D eigenvalue weighted by Gasteiger charge is 2.27. The van der Waals surface area contributed by atoms with Crippen molar-refractivity contribution in [3.63, 3.8) is 0 Å². The van der Waals surface area contributed by atoms with Gasteiger partial charge in [-0.05, 0) is 17.7 Å². The maximum atomic E-state index is 12.1. The van der Waals surface area contributed by atoms with Crippen LogP contribution in [0.1, 0.15) is 11.6 Å². The number of hydrogen-bond acceptors (Lipinski definition) is 5. The van der Waals surface area contributed by atoms with E-state index in [1.165, 1.54) is 12.1 Å². The molecule has 1 aliphatic heterocycles. The SMILES string of the molecule is NCC(c1ccc(OC(F)F)cc1)N1CCS(=O)(=O)CC1. The van der Waals surface area contributed by atoms with Gasteiger partial charge in [-0.1, -0.05) is 12.1 Å². The summed E-state index contributed by atoms with van der Waals surface area (Å²) in [4.78, 5) is 2.00. The number of ether oxygens (including phenoxy) is 1. The molecule has 0 saturated carbocycles. The second-order valence-electron chi connectivity index (χ2n) is 4.89. The van der Waals surface area contributed by atoms with Crippen molar-refractivity contribution in [1.82, 2.24) is 4.90 Å². The number of rotatable bonds is 5. The maximum absolute atomic E-state index is 12.1. The molecule has 1 fully saturated rings. The molecule has 0 aliphatic carbocycles. The summed E-state index contributed by atoms with van der Waals surface area (Å²) >= 11 is 0. The predicted octanol–water partition coefficient (Wildman–Crippen LogP) is 1.02. The summed E-state index contributed by atoms with van der Waals surface area (Å²) in [6, 6.07) is 6.16. The highest BCUT2D eigenvalue weighted by Crippen LogP contribution is 2.24. The molecule has 2 N–H and O–H groups in total. The molecule has 118 valence electrons. The van der Waals surface area contributed by atoms with E-state index in [-0.39, 0.29) is 23.3 Å². The van der Waals surface area contributed by atoms with E-state index in [1.54, 1.807) is 12.1 Å². The van der Waals surface area contributed by atoms with Gasteiger partial charge in [0.1, 0.15) is 5.75 Å². The zero-order chi connectivity index (χ0) is 15.5. The smallest absolute Gasteiger partial charge is 0.387 e. The van der Waals surface area contributed by atoms with Crippen LogP contribution in [0.3, 0.4) is 0 Å².